The van der Waals surface area contributed by atoms with Crippen molar-refractivity contribution in [2.24, 2.45) is 0 Å². The summed E-state index contributed by atoms with van der Waals surface area (Å²) in [5.74, 6) is -0.134. The summed E-state index contributed by atoms with van der Waals surface area (Å²) in [6, 6.07) is 18.5. The average Bonchev–Trinajstić information content (AvgIpc) is 3.18. The van der Waals surface area contributed by atoms with Gasteiger partial charge in [-0.25, -0.2) is 4.79 Å². The summed E-state index contributed by atoms with van der Waals surface area (Å²) in [6.07, 6.45) is -0.557. The van der Waals surface area contributed by atoms with E-state index in [0.717, 1.165) is 22.2 Å². The van der Waals surface area contributed by atoms with E-state index >= 15 is 0 Å². The Bertz CT molecular complexity index is 1390. The number of carboxylic acids is 1. The molecule has 4 aromatic rings. The normalized spacial score (nSPS) is 11.4. The Labute approximate surface area is 217 Å². The molecular weight excluding hydrogens is 468 g/mol. The van der Waals surface area contributed by atoms with Crippen LogP contribution in [0.25, 0.3) is 11.0 Å². The fourth-order valence-corrected chi connectivity index (χ4v) is 4.14. The second-order valence-electron chi connectivity index (χ2n) is 8.47. The molecule has 1 N–H and O–H groups in total. The molecule has 0 aliphatic heterocycles. The van der Waals surface area contributed by atoms with Crippen LogP contribution < -0.4 is 9.47 Å². The molecule has 1 unspecified atom stereocenters. The summed E-state index contributed by atoms with van der Waals surface area (Å²) in [4.78, 5) is 29.6. The molecule has 4 rings (SSSR count). The molecule has 7 nitrogen and oxygen atoms in total. The molecule has 2 aromatic heterocycles. The molecule has 0 aliphatic carbocycles. The Morgan fingerprint density at radius 2 is 1.73 bits per heavy atom. The van der Waals surface area contributed by atoms with Gasteiger partial charge in [0.15, 0.2) is 11.9 Å². The van der Waals surface area contributed by atoms with E-state index < -0.39 is 12.1 Å². The number of methoxy groups -OCH3 is 1. The fourth-order valence-electron chi connectivity index (χ4n) is 4.14. The molecule has 0 bridgehead atoms. The number of carbonyl (C=O) groups is 2. The predicted octanol–water partition coefficient (Wildman–Crippen LogP) is 6.21. The van der Waals surface area contributed by atoms with Crippen molar-refractivity contribution in [1.82, 2.24) is 9.55 Å². The Kier molecular flexibility index (Phi) is 9.06. The molecular formula is C30H34N2O5. The molecule has 0 amide bonds. The van der Waals surface area contributed by atoms with Crippen molar-refractivity contribution in [2.45, 2.75) is 53.7 Å². The Hall–Kier alpha value is -4.13. The Morgan fingerprint density at radius 1 is 1.03 bits per heavy atom. The van der Waals surface area contributed by atoms with E-state index in [4.69, 9.17) is 9.47 Å². The quantitative estimate of drug-likeness (QED) is 0.274. The maximum Gasteiger partial charge on any atom is 0.344 e. The number of aromatic nitrogens is 2. The lowest BCUT2D eigenvalue weighted by Crippen LogP contribution is -2.25. The minimum absolute atomic E-state index is 0.0671. The number of rotatable bonds is 9. The lowest BCUT2D eigenvalue weighted by atomic mass is 10.0. The third-order valence-corrected chi connectivity index (χ3v) is 6.05. The number of carbonyl (C=O) groups excluding carboxylic acids is 1. The van der Waals surface area contributed by atoms with E-state index in [9.17, 15) is 14.7 Å². The number of benzene rings is 2. The number of aryl methyl sites for hydroxylation is 1. The Balaban J connectivity index is 0.00000186. The van der Waals surface area contributed by atoms with E-state index in [1.165, 1.54) is 0 Å². The number of nitrogens with zero attached hydrogens (tertiary/aromatic N) is 2. The molecule has 2 heterocycles. The van der Waals surface area contributed by atoms with Crippen LogP contribution in [0.4, 0.5) is 0 Å². The van der Waals surface area contributed by atoms with E-state index in [1.807, 2.05) is 80.8 Å². The molecule has 0 saturated heterocycles. The zero-order chi connectivity index (χ0) is 27.1. The summed E-state index contributed by atoms with van der Waals surface area (Å²) in [5, 5.41) is 10.1. The molecule has 194 valence electrons. The lowest BCUT2D eigenvalue weighted by molar-refractivity contribution is -0.145. The number of hydrogen-bond acceptors (Lipinski definition) is 5. The highest BCUT2D eigenvalue weighted by atomic mass is 16.5. The number of pyridine rings is 1. The zero-order valence-corrected chi connectivity index (χ0v) is 22.2. The minimum atomic E-state index is -0.999. The summed E-state index contributed by atoms with van der Waals surface area (Å²) in [6.45, 7) is 10.1. The van der Waals surface area contributed by atoms with E-state index in [2.05, 4.69) is 4.98 Å². The molecule has 0 aliphatic rings. The molecule has 7 heteroatoms. The van der Waals surface area contributed by atoms with Crippen LogP contribution in [0, 0.1) is 13.8 Å². The first-order valence-corrected chi connectivity index (χ1v) is 12.5. The van der Waals surface area contributed by atoms with Gasteiger partial charge >= 0.3 is 5.97 Å². The van der Waals surface area contributed by atoms with Gasteiger partial charge in [0.2, 0.25) is 5.88 Å². The van der Waals surface area contributed by atoms with Gasteiger partial charge < -0.3 is 19.1 Å². The van der Waals surface area contributed by atoms with Crippen molar-refractivity contribution < 1.29 is 24.2 Å². The first kappa shape index (κ1) is 27.5. The largest absolute Gasteiger partial charge is 0.481 e. The summed E-state index contributed by atoms with van der Waals surface area (Å²) in [7, 11) is 1.56. The minimum Gasteiger partial charge on any atom is -0.481 e. The van der Waals surface area contributed by atoms with Gasteiger partial charge in [-0.15, -0.1) is 0 Å². The third-order valence-electron chi connectivity index (χ3n) is 6.05. The molecule has 0 fully saturated rings. The predicted molar refractivity (Wildman–Crippen MR) is 145 cm³/mol. The standard InChI is InChI=1S/C28H28N2O5.C2H6/c1-5-23(28(32)33)35-21-8-6-7-19(15-21)16-30-18(3)25(22-13-14-24(34-4)29-27(22)30)26(31)20-11-9-17(2)10-12-20;1-2/h6-15,23H,5,16H2,1-4H3,(H,32,33);1-2H3. The topological polar surface area (TPSA) is 90.7 Å². The first-order chi connectivity index (χ1) is 17.8. The number of carboxylic acid groups (broad SMARTS) is 1. The molecule has 0 radical (unpaired) electrons. The van der Waals surface area contributed by atoms with Crippen molar-refractivity contribution in [3.05, 3.63) is 88.6 Å². The molecule has 37 heavy (non-hydrogen) atoms. The first-order valence-electron chi connectivity index (χ1n) is 12.5. The van der Waals surface area contributed by atoms with Gasteiger partial charge in [0.05, 0.1) is 12.7 Å². The number of hydrogen-bond donors (Lipinski definition) is 1. The molecule has 0 saturated carbocycles. The number of fused-ring (bicyclic) bond motifs is 1. The van der Waals surface area contributed by atoms with Gasteiger partial charge in [-0.2, -0.15) is 4.98 Å². The van der Waals surface area contributed by atoms with Crippen molar-refractivity contribution in [1.29, 1.82) is 0 Å². The van der Waals surface area contributed by atoms with Crippen LogP contribution in [0.2, 0.25) is 0 Å². The number of aliphatic carboxylic acids is 1. The van der Waals surface area contributed by atoms with Crippen LogP contribution in [0.15, 0.2) is 60.7 Å². The van der Waals surface area contributed by atoms with Gasteiger partial charge in [0.25, 0.3) is 0 Å². The van der Waals surface area contributed by atoms with Gasteiger partial charge in [-0.1, -0.05) is 62.7 Å². The van der Waals surface area contributed by atoms with Gasteiger partial charge in [0.1, 0.15) is 11.4 Å². The van der Waals surface area contributed by atoms with Crippen LogP contribution in [-0.2, 0) is 11.3 Å². The second kappa shape index (κ2) is 12.2. The van der Waals surface area contributed by atoms with E-state index in [1.54, 1.807) is 26.2 Å². The highest BCUT2D eigenvalue weighted by Gasteiger charge is 2.23. The zero-order valence-electron chi connectivity index (χ0n) is 22.2. The number of ether oxygens (including phenoxy) is 2. The van der Waals surface area contributed by atoms with E-state index in [0.29, 0.717) is 41.4 Å². The monoisotopic (exact) mass is 502 g/mol. The van der Waals surface area contributed by atoms with Gasteiger partial charge in [-0.3, -0.25) is 4.79 Å². The fraction of sp³-hybridized carbons (Fsp3) is 0.300. The van der Waals surface area contributed by atoms with Crippen LogP contribution >= 0.6 is 0 Å². The molecule has 1 atom stereocenters. The molecule has 0 spiro atoms. The van der Waals surface area contributed by atoms with Gasteiger partial charge in [-0.05, 0) is 44.0 Å². The lowest BCUT2D eigenvalue weighted by Gasteiger charge is -2.15. The van der Waals surface area contributed by atoms with Crippen molar-refractivity contribution in [3.8, 4) is 11.6 Å². The highest BCUT2D eigenvalue weighted by Crippen LogP contribution is 2.30. The summed E-state index contributed by atoms with van der Waals surface area (Å²) < 4.78 is 13.0. The van der Waals surface area contributed by atoms with Crippen LogP contribution in [-0.4, -0.2) is 39.6 Å². The summed E-state index contributed by atoms with van der Waals surface area (Å²) >= 11 is 0. The third kappa shape index (κ3) is 6.00. The van der Waals surface area contributed by atoms with Crippen LogP contribution in [0.3, 0.4) is 0 Å². The Morgan fingerprint density at radius 3 is 2.35 bits per heavy atom. The highest BCUT2D eigenvalue weighted by molar-refractivity contribution is 6.17. The van der Waals surface area contributed by atoms with Crippen molar-refractivity contribution >= 4 is 22.8 Å². The van der Waals surface area contributed by atoms with Crippen molar-refractivity contribution in [3.63, 3.8) is 0 Å². The van der Waals surface area contributed by atoms with Gasteiger partial charge in [0, 0.05) is 29.3 Å². The summed E-state index contributed by atoms with van der Waals surface area (Å²) in [5.41, 5.74) is 4.62. The van der Waals surface area contributed by atoms with Crippen LogP contribution in [0.1, 0.15) is 59.9 Å². The van der Waals surface area contributed by atoms with Crippen LogP contribution in [0.5, 0.6) is 11.6 Å². The molecule has 2 aromatic carbocycles. The van der Waals surface area contributed by atoms with Crippen molar-refractivity contribution in [2.75, 3.05) is 7.11 Å². The maximum atomic E-state index is 13.5. The maximum absolute atomic E-state index is 13.5. The number of ketones is 1. The smallest absolute Gasteiger partial charge is 0.344 e. The second-order valence-corrected chi connectivity index (χ2v) is 8.47. The average molecular weight is 503 g/mol. The van der Waals surface area contributed by atoms with E-state index in [-0.39, 0.29) is 5.78 Å². The SMILES string of the molecule is CC.CCC(Oc1cccc(Cn2c(C)c(C(=O)c3ccc(C)cc3)c3ccc(OC)nc32)c1)C(=O)O.